The molecule has 0 spiro atoms. The first-order valence-corrected chi connectivity index (χ1v) is 18.5. The fourth-order valence-electron chi connectivity index (χ4n) is 5.31. The van der Waals surface area contributed by atoms with E-state index in [9.17, 15) is 26.7 Å². The molecule has 1 aliphatic heterocycles. The van der Waals surface area contributed by atoms with Gasteiger partial charge >= 0.3 is 0 Å². The first-order chi connectivity index (χ1) is 22.2. The third-order valence-corrected chi connectivity index (χ3v) is 11.3. The lowest BCUT2D eigenvalue weighted by Crippen LogP contribution is -2.48. The van der Waals surface area contributed by atoms with Gasteiger partial charge in [0.15, 0.2) is 5.03 Å². The number of aromatic nitrogens is 2. The summed E-state index contributed by atoms with van der Waals surface area (Å²) in [4.78, 5) is 19.9. The molecule has 2 aromatic carbocycles. The highest BCUT2D eigenvalue weighted by Crippen LogP contribution is 2.29. The van der Waals surface area contributed by atoms with Crippen molar-refractivity contribution in [3.05, 3.63) is 66.6 Å². The number of amides is 1. The number of rotatable bonds is 9. The summed E-state index contributed by atoms with van der Waals surface area (Å²) in [6.07, 6.45) is 4.02. The molecule has 4 rings (SSSR count). The largest absolute Gasteiger partial charge is 0.490 e. The third-order valence-electron chi connectivity index (χ3n) is 8.15. The Labute approximate surface area is 277 Å². The molecule has 0 fully saturated rings. The van der Waals surface area contributed by atoms with E-state index < -0.39 is 38.1 Å². The predicted octanol–water partition coefficient (Wildman–Crippen LogP) is 3.34. The molecule has 0 radical (unpaired) electrons. The summed E-state index contributed by atoms with van der Waals surface area (Å²) < 4.78 is 70.5. The first-order valence-electron chi connectivity index (χ1n) is 15.6. The van der Waals surface area contributed by atoms with Gasteiger partial charge in [-0.15, -0.1) is 0 Å². The summed E-state index contributed by atoms with van der Waals surface area (Å²) in [7, 11) is -4.69. The Kier molecular flexibility index (Phi) is 12.1. The van der Waals surface area contributed by atoms with Crippen LogP contribution in [0.1, 0.15) is 50.4 Å². The molecule has 1 aromatic heterocycles. The standard InChI is InChI=1S/C32H45N5O8S2/c1-23-18-37(24(2)21-38)32(39)28-17-26(34-46(40,41)31-20-35(4)22-33-31)14-15-29(28)45-25(3)11-9-10-16-44-30(23)19-36(5)47(42,43)27-12-7-6-8-13-27/h6-8,12-15,17,20,22-25,30,34,38H,9-11,16,18-19,21H2,1-5H3/t23-,24-,25+,30-/m1/s1. The van der Waals surface area contributed by atoms with Crippen molar-refractivity contribution in [3.8, 4) is 5.75 Å². The van der Waals surface area contributed by atoms with Crippen LogP contribution in [-0.2, 0) is 31.8 Å². The van der Waals surface area contributed by atoms with Gasteiger partial charge in [-0.05, 0) is 63.4 Å². The zero-order valence-electron chi connectivity index (χ0n) is 27.4. The van der Waals surface area contributed by atoms with Gasteiger partial charge in [0.2, 0.25) is 10.0 Å². The van der Waals surface area contributed by atoms with Crippen molar-refractivity contribution in [1.82, 2.24) is 18.8 Å². The molecule has 4 atom stereocenters. The zero-order valence-corrected chi connectivity index (χ0v) is 29.1. The monoisotopic (exact) mass is 691 g/mol. The molecule has 3 aromatic rings. The quantitative estimate of drug-likeness (QED) is 0.343. The lowest BCUT2D eigenvalue weighted by Gasteiger charge is -2.35. The topological polar surface area (TPSA) is 160 Å². The summed E-state index contributed by atoms with van der Waals surface area (Å²) in [5.74, 6) is -0.566. The molecule has 13 nitrogen and oxygen atoms in total. The second-order valence-corrected chi connectivity index (χ2v) is 15.8. The first kappa shape index (κ1) is 36.3. The smallest absolute Gasteiger partial charge is 0.280 e. The lowest BCUT2D eigenvalue weighted by atomic mass is 10.0. The molecular weight excluding hydrogens is 647 g/mol. The maximum absolute atomic E-state index is 14.3. The van der Waals surface area contributed by atoms with E-state index in [1.54, 1.807) is 50.4 Å². The van der Waals surface area contributed by atoms with E-state index in [1.807, 2.05) is 13.8 Å². The number of carbonyl (C=O) groups is 1. The maximum Gasteiger partial charge on any atom is 0.280 e. The number of nitrogens with zero attached hydrogens (tertiary/aromatic N) is 4. The molecule has 0 unspecified atom stereocenters. The number of imidazole rings is 1. The molecule has 47 heavy (non-hydrogen) atoms. The number of aliphatic hydroxyl groups is 1. The summed E-state index contributed by atoms with van der Waals surface area (Å²) >= 11 is 0. The molecule has 15 heteroatoms. The number of hydrogen-bond donors (Lipinski definition) is 2. The molecule has 0 saturated carbocycles. The minimum absolute atomic E-state index is 0.0451. The molecule has 1 amide bonds. The van der Waals surface area contributed by atoms with Crippen molar-refractivity contribution >= 4 is 31.6 Å². The highest BCUT2D eigenvalue weighted by molar-refractivity contribution is 7.92. The molecular formula is C32H45N5O8S2. The van der Waals surface area contributed by atoms with E-state index in [1.165, 1.54) is 45.5 Å². The average Bonchev–Trinajstić information content (AvgIpc) is 3.49. The lowest BCUT2D eigenvalue weighted by molar-refractivity contribution is -0.00833. The maximum atomic E-state index is 14.3. The zero-order chi connectivity index (χ0) is 34.4. The SMILES string of the molecule is C[C@@H]1CN([C@H](C)CO)C(=O)c2cc(NS(=O)(=O)c3cn(C)cn3)ccc2O[C@@H](C)CCCCO[C@@H]1CN(C)S(=O)(=O)c1ccccc1. The Morgan fingerprint density at radius 3 is 2.49 bits per heavy atom. The Balaban J connectivity index is 1.68. The van der Waals surface area contributed by atoms with Crippen LogP contribution in [0.15, 0.2) is 71.0 Å². The average molecular weight is 692 g/mol. The molecule has 258 valence electrons. The fourth-order valence-corrected chi connectivity index (χ4v) is 7.54. The van der Waals surface area contributed by atoms with E-state index in [4.69, 9.17) is 9.47 Å². The van der Waals surface area contributed by atoms with Gasteiger partial charge in [-0.2, -0.15) is 12.7 Å². The van der Waals surface area contributed by atoms with Crippen molar-refractivity contribution < 1.29 is 36.2 Å². The number of ether oxygens (including phenoxy) is 2. The van der Waals surface area contributed by atoms with Gasteiger partial charge in [0.1, 0.15) is 5.75 Å². The van der Waals surface area contributed by atoms with Crippen LogP contribution < -0.4 is 9.46 Å². The Morgan fingerprint density at radius 2 is 1.83 bits per heavy atom. The number of sulfonamides is 2. The highest BCUT2D eigenvalue weighted by Gasteiger charge is 2.32. The van der Waals surface area contributed by atoms with Gasteiger partial charge in [-0.1, -0.05) is 25.1 Å². The number of fused-ring (bicyclic) bond motifs is 1. The van der Waals surface area contributed by atoms with Crippen LogP contribution in [0.3, 0.4) is 0 Å². The van der Waals surface area contributed by atoms with E-state index >= 15 is 0 Å². The van der Waals surface area contributed by atoms with Crippen LogP contribution in [0.4, 0.5) is 5.69 Å². The van der Waals surface area contributed by atoms with Gasteiger partial charge in [0, 0.05) is 51.6 Å². The van der Waals surface area contributed by atoms with Crippen LogP contribution in [0.2, 0.25) is 0 Å². The van der Waals surface area contributed by atoms with Crippen LogP contribution in [0.25, 0.3) is 0 Å². The van der Waals surface area contributed by atoms with E-state index in [0.717, 1.165) is 6.42 Å². The number of anilines is 1. The van der Waals surface area contributed by atoms with Crippen LogP contribution in [0.5, 0.6) is 5.75 Å². The minimum Gasteiger partial charge on any atom is -0.490 e. The molecule has 0 bridgehead atoms. The number of carbonyl (C=O) groups excluding carboxylic acids is 1. The number of hydrogen-bond acceptors (Lipinski definition) is 9. The highest BCUT2D eigenvalue weighted by atomic mass is 32.2. The van der Waals surface area contributed by atoms with E-state index in [0.29, 0.717) is 19.4 Å². The molecule has 0 saturated heterocycles. The van der Waals surface area contributed by atoms with Crippen molar-refractivity contribution in [3.63, 3.8) is 0 Å². The van der Waals surface area contributed by atoms with Gasteiger partial charge in [-0.3, -0.25) is 9.52 Å². The molecule has 2 N–H and O–H groups in total. The number of benzene rings is 2. The number of likely N-dealkylation sites (N-methyl/N-ethyl adjacent to an activating group) is 1. The van der Waals surface area contributed by atoms with Crippen molar-refractivity contribution in [2.45, 2.75) is 68.2 Å². The Bertz CT molecular complexity index is 1720. The number of aliphatic hydroxyl groups excluding tert-OH is 1. The van der Waals surface area contributed by atoms with Gasteiger partial charge in [0.25, 0.3) is 15.9 Å². The normalized spacial score (nSPS) is 21.0. The van der Waals surface area contributed by atoms with Gasteiger partial charge < -0.3 is 24.0 Å². The Morgan fingerprint density at radius 1 is 1.11 bits per heavy atom. The van der Waals surface area contributed by atoms with Crippen molar-refractivity contribution in [2.24, 2.45) is 13.0 Å². The summed E-state index contributed by atoms with van der Waals surface area (Å²) in [6, 6.07) is 12.0. The second kappa shape index (κ2) is 15.6. The second-order valence-electron chi connectivity index (χ2n) is 12.1. The van der Waals surface area contributed by atoms with Gasteiger partial charge in [0.05, 0.1) is 41.6 Å². The molecule has 1 aliphatic rings. The Hall–Kier alpha value is -3.50. The van der Waals surface area contributed by atoms with Crippen LogP contribution in [-0.4, -0.2) is 98.2 Å². The van der Waals surface area contributed by atoms with Crippen molar-refractivity contribution in [1.29, 1.82) is 0 Å². The molecule has 2 heterocycles. The summed E-state index contributed by atoms with van der Waals surface area (Å²) in [5.41, 5.74) is 0.252. The number of nitrogens with one attached hydrogen (secondary N) is 1. The van der Waals surface area contributed by atoms with E-state index in [2.05, 4.69) is 9.71 Å². The summed E-state index contributed by atoms with van der Waals surface area (Å²) in [5, 5.41) is 10.0. The summed E-state index contributed by atoms with van der Waals surface area (Å²) in [6.45, 7) is 5.67. The van der Waals surface area contributed by atoms with Crippen molar-refractivity contribution in [2.75, 3.05) is 38.1 Å². The predicted molar refractivity (Wildman–Crippen MR) is 177 cm³/mol. The third kappa shape index (κ3) is 9.11. The van der Waals surface area contributed by atoms with Gasteiger partial charge in [-0.25, -0.2) is 13.4 Å². The van der Waals surface area contributed by atoms with E-state index in [-0.39, 0.29) is 58.6 Å². The fraction of sp³-hybridized carbons (Fsp3) is 0.500. The van der Waals surface area contributed by atoms with Crippen LogP contribution in [0, 0.1) is 5.92 Å². The number of aryl methyl sites for hydroxylation is 1. The molecule has 0 aliphatic carbocycles. The van der Waals surface area contributed by atoms with Crippen LogP contribution >= 0.6 is 0 Å². The minimum atomic E-state index is -4.05.